The molecule has 1 aliphatic carbocycles. The lowest BCUT2D eigenvalue weighted by atomic mass is 10.1. The Morgan fingerprint density at radius 2 is 1.89 bits per heavy atom. The van der Waals surface area contributed by atoms with E-state index in [1.54, 1.807) is 18.9 Å². The summed E-state index contributed by atoms with van der Waals surface area (Å²) >= 11 is 1.60. The van der Waals surface area contributed by atoms with Crippen molar-refractivity contribution in [3.05, 3.63) is 54.1 Å². The van der Waals surface area contributed by atoms with Gasteiger partial charge < -0.3 is 10.1 Å². The second-order valence-electron chi connectivity index (χ2n) is 7.22. The average molecular weight is 397 g/mol. The van der Waals surface area contributed by atoms with Gasteiger partial charge in [0.1, 0.15) is 11.1 Å². The molecule has 2 amide bonds. The van der Waals surface area contributed by atoms with E-state index in [1.807, 2.05) is 53.4 Å². The number of nitrogens with zero attached hydrogens (tertiary/aromatic N) is 1. The number of thioether (sulfide) groups is 1. The predicted molar refractivity (Wildman–Crippen MR) is 113 cm³/mol. The maximum Gasteiger partial charge on any atom is 0.238 e. The van der Waals surface area contributed by atoms with Crippen molar-refractivity contribution in [2.24, 2.45) is 5.92 Å². The van der Waals surface area contributed by atoms with Gasteiger partial charge in [0.15, 0.2) is 0 Å². The van der Waals surface area contributed by atoms with E-state index >= 15 is 0 Å². The molecule has 0 bridgehead atoms. The van der Waals surface area contributed by atoms with Crippen LogP contribution in [0, 0.1) is 5.92 Å². The van der Waals surface area contributed by atoms with Crippen molar-refractivity contribution in [1.82, 2.24) is 0 Å². The molecule has 0 radical (unpaired) electrons. The van der Waals surface area contributed by atoms with Crippen LogP contribution in [0.1, 0.15) is 36.6 Å². The van der Waals surface area contributed by atoms with Gasteiger partial charge in [-0.15, -0.1) is 11.8 Å². The summed E-state index contributed by atoms with van der Waals surface area (Å²) in [5, 5.41) is 2.95. The van der Waals surface area contributed by atoms with Crippen molar-refractivity contribution < 1.29 is 14.3 Å². The van der Waals surface area contributed by atoms with Crippen molar-refractivity contribution >= 4 is 35.0 Å². The number of hydrogen-bond donors (Lipinski definition) is 1. The SMILES string of the molecule is COc1ccc(N2C(=O)CS[C@@H]2c2cccc(NC(=O)C3CCCC3)c2)cc1. The molecule has 2 aliphatic rings. The first-order valence-corrected chi connectivity index (χ1v) is 10.7. The molecule has 146 valence electrons. The third kappa shape index (κ3) is 3.87. The lowest BCUT2D eigenvalue weighted by Crippen LogP contribution is -2.27. The molecule has 1 saturated carbocycles. The van der Waals surface area contributed by atoms with E-state index < -0.39 is 0 Å². The van der Waals surface area contributed by atoms with Gasteiger partial charge in [0, 0.05) is 17.3 Å². The molecule has 0 aromatic heterocycles. The Morgan fingerprint density at radius 1 is 1.14 bits per heavy atom. The van der Waals surface area contributed by atoms with Crippen LogP contribution in [0.2, 0.25) is 0 Å². The zero-order valence-electron chi connectivity index (χ0n) is 15.9. The normalized spacial score (nSPS) is 19.8. The summed E-state index contributed by atoms with van der Waals surface area (Å²) < 4.78 is 5.22. The molecule has 2 aromatic rings. The number of carbonyl (C=O) groups is 2. The number of benzene rings is 2. The lowest BCUT2D eigenvalue weighted by Gasteiger charge is -2.25. The molecule has 0 unspecified atom stereocenters. The second kappa shape index (κ2) is 8.27. The highest BCUT2D eigenvalue weighted by atomic mass is 32.2. The molecule has 0 spiro atoms. The molecule has 2 aromatic carbocycles. The molecular formula is C22H24N2O3S. The first-order chi connectivity index (χ1) is 13.7. The van der Waals surface area contributed by atoms with E-state index in [4.69, 9.17) is 4.74 Å². The van der Waals surface area contributed by atoms with Gasteiger partial charge in [-0.1, -0.05) is 25.0 Å². The van der Waals surface area contributed by atoms with Crippen LogP contribution in [0.3, 0.4) is 0 Å². The van der Waals surface area contributed by atoms with Crippen LogP contribution in [0.4, 0.5) is 11.4 Å². The number of ether oxygens (including phenoxy) is 1. The largest absolute Gasteiger partial charge is 0.497 e. The summed E-state index contributed by atoms with van der Waals surface area (Å²) in [5.74, 6) is 1.52. The third-order valence-electron chi connectivity index (χ3n) is 5.38. The first kappa shape index (κ1) is 18.9. The Kier molecular flexibility index (Phi) is 5.57. The van der Waals surface area contributed by atoms with Gasteiger partial charge in [0.25, 0.3) is 0 Å². The molecule has 1 atom stereocenters. The van der Waals surface area contributed by atoms with E-state index in [2.05, 4.69) is 5.32 Å². The number of hydrogen-bond acceptors (Lipinski definition) is 4. The summed E-state index contributed by atoms with van der Waals surface area (Å²) in [6.07, 6.45) is 4.22. The standard InChI is InChI=1S/C22H24N2O3S/c1-27-19-11-9-18(10-12-19)24-20(25)14-28-22(24)16-7-4-8-17(13-16)23-21(26)15-5-2-3-6-15/h4,7-13,15,22H,2-3,5-6,14H2,1H3,(H,23,26)/t22-/m1/s1. The van der Waals surface area contributed by atoms with Crippen molar-refractivity contribution in [1.29, 1.82) is 0 Å². The van der Waals surface area contributed by atoms with Crippen LogP contribution in [0.15, 0.2) is 48.5 Å². The van der Waals surface area contributed by atoms with Crippen LogP contribution in [0.5, 0.6) is 5.75 Å². The topological polar surface area (TPSA) is 58.6 Å². The van der Waals surface area contributed by atoms with Crippen LogP contribution in [0.25, 0.3) is 0 Å². The highest BCUT2D eigenvalue weighted by Crippen LogP contribution is 2.42. The Bertz CT molecular complexity index is 862. The van der Waals surface area contributed by atoms with Crippen LogP contribution in [-0.2, 0) is 9.59 Å². The molecule has 28 heavy (non-hydrogen) atoms. The number of methoxy groups -OCH3 is 1. The number of carbonyl (C=O) groups excluding carboxylic acids is 2. The maximum atomic E-state index is 12.6. The quantitative estimate of drug-likeness (QED) is 0.802. The summed E-state index contributed by atoms with van der Waals surface area (Å²) in [7, 11) is 1.63. The van der Waals surface area contributed by atoms with E-state index in [9.17, 15) is 9.59 Å². The molecule has 1 aliphatic heterocycles. The van der Waals surface area contributed by atoms with Gasteiger partial charge in [0.2, 0.25) is 11.8 Å². The lowest BCUT2D eigenvalue weighted by molar-refractivity contribution is -0.119. The number of anilines is 2. The summed E-state index contributed by atoms with van der Waals surface area (Å²) in [5.41, 5.74) is 2.65. The third-order valence-corrected chi connectivity index (χ3v) is 6.60. The number of rotatable bonds is 5. The average Bonchev–Trinajstić information content (AvgIpc) is 3.38. The highest BCUT2D eigenvalue weighted by Gasteiger charge is 2.34. The van der Waals surface area contributed by atoms with E-state index in [1.165, 1.54) is 0 Å². The molecule has 2 fully saturated rings. The van der Waals surface area contributed by atoms with Crippen LogP contribution in [-0.4, -0.2) is 24.7 Å². The molecule has 5 nitrogen and oxygen atoms in total. The number of nitrogens with one attached hydrogen (secondary N) is 1. The zero-order chi connectivity index (χ0) is 19.5. The fourth-order valence-corrected chi connectivity index (χ4v) is 5.06. The van der Waals surface area contributed by atoms with E-state index in [0.29, 0.717) is 5.75 Å². The van der Waals surface area contributed by atoms with Crippen LogP contribution >= 0.6 is 11.8 Å². The van der Waals surface area contributed by atoms with Crippen molar-refractivity contribution in [2.75, 3.05) is 23.1 Å². The Balaban J connectivity index is 1.55. The molecule has 1 N–H and O–H groups in total. The Labute approximate surface area is 169 Å². The Morgan fingerprint density at radius 3 is 2.61 bits per heavy atom. The fraction of sp³-hybridized carbons (Fsp3) is 0.364. The second-order valence-corrected chi connectivity index (χ2v) is 8.29. The minimum Gasteiger partial charge on any atom is -0.497 e. The molecule has 1 saturated heterocycles. The Hall–Kier alpha value is -2.47. The first-order valence-electron chi connectivity index (χ1n) is 9.64. The summed E-state index contributed by atoms with van der Waals surface area (Å²) in [4.78, 5) is 26.8. The van der Waals surface area contributed by atoms with Gasteiger partial charge in [0.05, 0.1) is 12.9 Å². The van der Waals surface area contributed by atoms with Crippen LogP contribution < -0.4 is 15.0 Å². The minimum atomic E-state index is -0.107. The molecule has 4 rings (SSSR count). The smallest absolute Gasteiger partial charge is 0.238 e. The summed E-state index contributed by atoms with van der Waals surface area (Å²) in [6, 6.07) is 15.4. The van der Waals surface area contributed by atoms with Gasteiger partial charge in [-0.3, -0.25) is 14.5 Å². The van der Waals surface area contributed by atoms with Gasteiger partial charge in [-0.25, -0.2) is 0 Å². The fourth-order valence-electron chi connectivity index (χ4n) is 3.89. The molecule has 6 heteroatoms. The van der Waals surface area contributed by atoms with Crippen molar-refractivity contribution in [3.8, 4) is 5.75 Å². The van der Waals surface area contributed by atoms with Gasteiger partial charge >= 0.3 is 0 Å². The monoisotopic (exact) mass is 396 g/mol. The predicted octanol–water partition coefficient (Wildman–Crippen LogP) is 4.60. The van der Waals surface area contributed by atoms with Gasteiger partial charge in [-0.2, -0.15) is 0 Å². The van der Waals surface area contributed by atoms with E-state index in [-0.39, 0.29) is 23.1 Å². The highest BCUT2D eigenvalue weighted by molar-refractivity contribution is 8.00. The van der Waals surface area contributed by atoms with E-state index in [0.717, 1.165) is 48.4 Å². The summed E-state index contributed by atoms with van der Waals surface area (Å²) in [6.45, 7) is 0. The van der Waals surface area contributed by atoms with Gasteiger partial charge in [-0.05, 0) is 54.8 Å². The number of amides is 2. The van der Waals surface area contributed by atoms with Crippen molar-refractivity contribution in [3.63, 3.8) is 0 Å². The minimum absolute atomic E-state index is 0.0839. The maximum absolute atomic E-state index is 12.6. The molecule has 1 heterocycles. The van der Waals surface area contributed by atoms with Crippen molar-refractivity contribution in [2.45, 2.75) is 31.1 Å². The molecular weight excluding hydrogens is 372 g/mol. The zero-order valence-corrected chi connectivity index (χ0v) is 16.7.